The number of carbonyl (C=O) groups is 4. The van der Waals surface area contributed by atoms with Crippen molar-refractivity contribution in [2.24, 2.45) is 5.73 Å². The molecule has 1 aromatic carbocycles. The molecule has 126 valence electrons. The van der Waals surface area contributed by atoms with Gasteiger partial charge in [-0.05, 0) is 11.0 Å². The van der Waals surface area contributed by atoms with Crippen molar-refractivity contribution in [3.05, 3.63) is 29.8 Å². The van der Waals surface area contributed by atoms with Crippen LogP contribution < -0.4 is 11.2 Å². The number of rotatable bonds is 6. The molecule has 1 aromatic rings. The molecule has 0 aliphatic carbocycles. The smallest absolute Gasteiger partial charge is 0.423 e. The van der Waals surface area contributed by atoms with Crippen molar-refractivity contribution < 1.29 is 34.1 Å². The standard InChI is InChI=1S/C14H15BN2O7/c16-11(18)7-10(8-2-1-3-9(6-8)15(22)23)14(21)24-17-12(19)4-5-13(17)20/h1-3,6,10,22-23H,4-5,7H2,(H2,16,18). The van der Waals surface area contributed by atoms with Crippen LogP contribution >= 0.6 is 0 Å². The van der Waals surface area contributed by atoms with E-state index in [1.807, 2.05) is 0 Å². The second kappa shape index (κ2) is 7.24. The Morgan fingerprint density at radius 3 is 2.42 bits per heavy atom. The van der Waals surface area contributed by atoms with Gasteiger partial charge in [0.1, 0.15) is 0 Å². The maximum atomic E-state index is 12.3. The Kier molecular flexibility index (Phi) is 5.32. The lowest BCUT2D eigenvalue weighted by atomic mass is 9.78. The highest BCUT2D eigenvalue weighted by Gasteiger charge is 2.36. The summed E-state index contributed by atoms with van der Waals surface area (Å²) in [6.07, 6.45) is -0.544. The molecule has 1 atom stereocenters. The lowest BCUT2D eigenvalue weighted by Crippen LogP contribution is -2.36. The summed E-state index contributed by atoms with van der Waals surface area (Å²) >= 11 is 0. The lowest BCUT2D eigenvalue weighted by molar-refractivity contribution is -0.198. The van der Waals surface area contributed by atoms with Crippen molar-refractivity contribution in [1.82, 2.24) is 5.06 Å². The number of benzene rings is 1. The normalized spacial score (nSPS) is 15.3. The average Bonchev–Trinajstić information content (AvgIpc) is 2.84. The van der Waals surface area contributed by atoms with Crippen molar-refractivity contribution >= 4 is 36.3 Å². The molecular formula is C14H15BN2O7. The van der Waals surface area contributed by atoms with Gasteiger partial charge in [0, 0.05) is 19.3 Å². The molecule has 1 saturated heterocycles. The summed E-state index contributed by atoms with van der Waals surface area (Å²) in [7, 11) is -1.77. The van der Waals surface area contributed by atoms with E-state index >= 15 is 0 Å². The SMILES string of the molecule is NC(=O)CC(C(=O)ON1C(=O)CCC1=O)c1cccc(B(O)O)c1. The second-order valence-corrected chi connectivity index (χ2v) is 5.26. The summed E-state index contributed by atoms with van der Waals surface area (Å²) < 4.78 is 0. The molecule has 0 saturated carbocycles. The molecule has 1 aliphatic rings. The Balaban J connectivity index is 2.26. The molecule has 0 radical (unpaired) electrons. The topological polar surface area (TPSA) is 147 Å². The first-order valence-corrected chi connectivity index (χ1v) is 7.11. The Labute approximate surface area is 137 Å². The van der Waals surface area contributed by atoms with Gasteiger partial charge in [-0.3, -0.25) is 14.4 Å². The molecule has 0 spiro atoms. The van der Waals surface area contributed by atoms with Crippen molar-refractivity contribution in [3.63, 3.8) is 0 Å². The van der Waals surface area contributed by atoms with E-state index < -0.39 is 43.1 Å². The Hall–Kier alpha value is -2.72. The van der Waals surface area contributed by atoms with Crippen molar-refractivity contribution in [3.8, 4) is 0 Å². The zero-order chi connectivity index (χ0) is 17.9. The first-order valence-electron chi connectivity index (χ1n) is 7.11. The van der Waals surface area contributed by atoms with Gasteiger partial charge < -0.3 is 20.6 Å². The number of nitrogens with two attached hydrogens (primary N) is 1. The highest BCUT2D eigenvalue weighted by atomic mass is 16.7. The molecule has 2 rings (SSSR count). The van der Waals surface area contributed by atoms with Crippen LogP contribution in [0.15, 0.2) is 24.3 Å². The van der Waals surface area contributed by atoms with Crippen molar-refractivity contribution in [2.45, 2.75) is 25.2 Å². The summed E-state index contributed by atoms with van der Waals surface area (Å²) in [6.45, 7) is 0. The third-order valence-corrected chi connectivity index (χ3v) is 3.49. The van der Waals surface area contributed by atoms with Gasteiger partial charge in [-0.25, -0.2) is 4.79 Å². The Bertz CT molecular complexity index is 675. The van der Waals surface area contributed by atoms with Crippen LogP contribution in [0, 0.1) is 0 Å². The van der Waals surface area contributed by atoms with E-state index in [4.69, 9.17) is 10.6 Å². The summed E-state index contributed by atoms with van der Waals surface area (Å²) in [5, 5.41) is 18.8. The van der Waals surface area contributed by atoms with Crippen molar-refractivity contribution in [1.29, 1.82) is 0 Å². The highest BCUT2D eigenvalue weighted by Crippen LogP contribution is 2.23. The van der Waals surface area contributed by atoms with Gasteiger partial charge in [-0.15, -0.1) is 5.06 Å². The summed E-state index contributed by atoms with van der Waals surface area (Å²) in [6, 6.07) is 5.63. The number of primary amides is 1. The molecule has 10 heteroatoms. The molecule has 4 N–H and O–H groups in total. The third kappa shape index (κ3) is 3.97. The molecule has 1 aliphatic heterocycles. The van der Waals surface area contributed by atoms with Gasteiger partial charge in [-0.1, -0.05) is 24.3 Å². The minimum atomic E-state index is -1.77. The number of hydrogen-bond donors (Lipinski definition) is 3. The molecular weight excluding hydrogens is 319 g/mol. The number of imide groups is 1. The molecule has 0 bridgehead atoms. The predicted molar refractivity (Wildman–Crippen MR) is 80.0 cm³/mol. The van der Waals surface area contributed by atoms with E-state index in [0.717, 1.165) is 0 Å². The highest BCUT2D eigenvalue weighted by molar-refractivity contribution is 6.58. The minimum absolute atomic E-state index is 0.0568. The van der Waals surface area contributed by atoms with E-state index in [-0.39, 0.29) is 23.9 Å². The van der Waals surface area contributed by atoms with Crippen LogP contribution in [0.1, 0.15) is 30.7 Å². The number of nitrogens with zero attached hydrogens (tertiary/aromatic N) is 1. The monoisotopic (exact) mass is 334 g/mol. The van der Waals surface area contributed by atoms with Crippen LogP contribution in [0.25, 0.3) is 0 Å². The summed E-state index contributed by atoms with van der Waals surface area (Å²) in [4.78, 5) is 51.4. The lowest BCUT2D eigenvalue weighted by Gasteiger charge is -2.19. The fourth-order valence-electron chi connectivity index (χ4n) is 2.29. The first kappa shape index (κ1) is 17.6. The average molecular weight is 334 g/mol. The van der Waals surface area contributed by atoms with E-state index in [0.29, 0.717) is 5.06 Å². The molecule has 1 heterocycles. The second-order valence-electron chi connectivity index (χ2n) is 5.26. The molecule has 9 nitrogen and oxygen atoms in total. The van der Waals surface area contributed by atoms with Crippen LogP contribution in [0.2, 0.25) is 0 Å². The first-order chi connectivity index (χ1) is 11.3. The van der Waals surface area contributed by atoms with Crippen LogP contribution in [0.3, 0.4) is 0 Å². The van der Waals surface area contributed by atoms with Crippen LogP contribution in [0.5, 0.6) is 0 Å². The summed E-state index contributed by atoms with van der Waals surface area (Å²) in [5.41, 5.74) is 5.48. The van der Waals surface area contributed by atoms with Crippen LogP contribution in [0.4, 0.5) is 0 Å². The number of hydrogen-bond acceptors (Lipinski definition) is 7. The van der Waals surface area contributed by atoms with Crippen LogP contribution in [-0.4, -0.2) is 45.9 Å². The zero-order valence-electron chi connectivity index (χ0n) is 12.5. The fraction of sp³-hybridized carbons (Fsp3) is 0.286. The quantitative estimate of drug-likeness (QED) is 0.400. The Morgan fingerprint density at radius 2 is 1.88 bits per heavy atom. The number of hydroxylamine groups is 2. The van der Waals surface area contributed by atoms with Gasteiger partial charge in [0.15, 0.2) is 0 Å². The fourth-order valence-corrected chi connectivity index (χ4v) is 2.29. The van der Waals surface area contributed by atoms with E-state index in [2.05, 4.69) is 0 Å². The van der Waals surface area contributed by atoms with Gasteiger partial charge in [0.2, 0.25) is 5.91 Å². The Morgan fingerprint density at radius 1 is 1.25 bits per heavy atom. The van der Waals surface area contributed by atoms with Gasteiger partial charge in [-0.2, -0.15) is 0 Å². The maximum absolute atomic E-state index is 12.3. The van der Waals surface area contributed by atoms with E-state index in [1.165, 1.54) is 24.3 Å². The largest absolute Gasteiger partial charge is 0.488 e. The van der Waals surface area contributed by atoms with E-state index in [9.17, 15) is 29.2 Å². The van der Waals surface area contributed by atoms with Crippen LogP contribution in [-0.2, 0) is 24.0 Å². The molecule has 1 fully saturated rings. The third-order valence-electron chi connectivity index (χ3n) is 3.49. The molecule has 3 amide bonds. The molecule has 1 unspecified atom stereocenters. The number of carbonyl (C=O) groups excluding carboxylic acids is 4. The maximum Gasteiger partial charge on any atom is 0.488 e. The molecule has 24 heavy (non-hydrogen) atoms. The predicted octanol–water partition coefficient (Wildman–Crippen LogP) is -2.07. The zero-order valence-corrected chi connectivity index (χ0v) is 12.5. The van der Waals surface area contributed by atoms with Gasteiger partial charge in [0.05, 0.1) is 5.92 Å². The minimum Gasteiger partial charge on any atom is -0.423 e. The molecule has 0 aromatic heterocycles. The van der Waals surface area contributed by atoms with Gasteiger partial charge >= 0.3 is 13.1 Å². The van der Waals surface area contributed by atoms with E-state index in [1.54, 1.807) is 0 Å². The number of amides is 3. The van der Waals surface area contributed by atoms with Crippen molar-refractivity contribution in [2.75, 3.05) is 0 Å². The summed E-state index contributed by atoms with van der Waals surface area (Å²) in [5.74, 6) is -4.30. The van der Waals surface area contributed by atoms with Gasteiger partial charge in [0.25, 0.3) is 11.8 Å².